The Hall–Kier alpha value is -3.91. The van der Waals surface area contributed by atoms with Gasteiger partial charge in [0.1, 0.15) is 42.5 Å². The Morgan fingerprint density at radius 1 is 0.958 bits per heavy atom. The molecule has 4 fully saturated rings. The summed E-state index contributed by atoms with van der Waals surface area (Å²) < 4.78 is 70.5. The van der Waals surface area contributed by atoms with Crippen molar-refractivity contribution in [2.75, 3.05) is 27.4 Å². The SMILES string of the molecule is CCC(C)C1OC2(C=CC1C)CC1CC(C/C=C(\C)C(OC3CC(OC)C(OC4CC(OC)/C(=C/COC(=O)c5ccncc5)C(C)O4)C(C)O3)C(C)/C=C/C=C3\COC4C(O)C(C)=CC(C(=O)O1)C34O)O2. The first-order valence-electron chi connectivity index (χ1n) is 25.9. The third-order valence-corrected chi connectivity index (χ3v) is 15.9. The van der Waals surface area contributed by atoms with Crippen molar-refractivity contribution in [3.8, 4) is 0 Å². The predicted molar refractivity (Wildman–Crippen MR) is 264 cm³/mol. The first kappa shape index (κ1) is 54.4. The number of carbonyl (C=O) groups excluding carboxylic acids is 2. The second-order valence-corrected chi connectivity index (χ2v) is 20.9. The van der Waals surface area contributed by atoms with Gasteiger partial charge < -0.3 is 62.3 Å². The van der Waals surface area contributed by atoms with Gasteiger partial charge in [0.05, 0.1) is 54.9 Å². The Bertz CT molecular complexity index is 2240. The van der Waals surface area contributed by atoms with Crippen LogP contribution < -0.4 is 0 Å². The van der Waals surface area contributed by atoms with Crippen LogP contribution in [0.25, 0.3) is 0 Å². The summed E-state index contributed by atoms with van der Waals surface area (Å²) in [5.74, 6) is -3.10. The van der Waals surface area contributed by atoms with Crippen LogP contribution in [0.4, 0.5) is 0 Å². The second kappa shape index (κ2) is 23.3. The molecule has 0 radical (unpaired) electrons. The van der Waals surface area contributed by atoms with Crippen LogP contribution in [0.2, 0.25) is 0 Å². The van der Waals surface area contributed by atoms with Crippen LogP contribution in [-0.2, 0) is 56.9 Å². The van der Waals surface area contributed by atoms with E-state index in [0.717, 1.165) is 17.6 Å². The molecule has 396 valence electrons. The minimum absolute atomic E-state index is 0.0198. The molecule has 0 aromatic carbocycles. The van der Waals surface area contributed by atoms with E-state index in [4.69, 9.17) is 52.1 Å². The van der Waals surface area contributed by atoms with Gasteiger partial charge in [-0.15, -0.1) is 0 Å². The molecule has 8 rings (SSSR count). The van der Waals surface area contributed by atoms with E-state index in [1.807, 2.05) is 45.1 Å². The van der Waals surface area contributed by atoms with E-state index >= 15 is 0 Å². The Labute approximate surface area is 424 Å². The van der Waals surface area contributed by atoms with Crippen LogP contribution in [0.5, 0.6) is 0 Å². The summed E-state index contributed by atoms with van der Waals surface area (Å²) in [6.07, 6.45) is 14.1. The van der Waals surface area contributed by atoms with E-state index in [1.165, 1.54) is 0 Å². The summed E-state index contributed by atoms with van der Waals surface area (Å²) in [6, 6.07) is 3.21. The van der Waals surface area contributed by atoms with Gasteiger partial charge in [-0.05, 0) is 86.6 Å². The molecule has 19 atom stereocenters. The molecule has 2 N–H and O–H groups in total. The number of methoxy groups -OCH3 is 2. The largest absolute Gasteiger partial charge is 0.462 e. The number of esters is 2. The smallest absolute Gasteiger partial charge is 0.338 e. The molecule has 6 aliphatic heterocycles. The first-order valence-corrected chi connectivity index (χ1v) is 25.9. The van der Waals surface area contributed by atoms with E-state index in [0.29, 0.717) is 42.4 Å². The molecule has 1 aliphatic carbocycles. The summed E-state index contributed by atoms with van der Waals surface area (Å²) in [7, 11) is 3.29. The average Bonchev–Trinajstić information content (AvgIpc) is 3.71. The van der Waals surface area contributed by atoms with Crippen molar-refractivity contribution < 1.29 is 71.9 Å². The standard InChI is InChI=1S/C56H77NO15/c1-11-31(2)50-34(5)17-21-55(72-50)29-41-26-40(71-55)16-15-33(4)49(32(3)13-12-14-39-30-65-52-48(58)35(6)25-43(54(60)68-41)56(39,52)61)69-47-28-45(63-10)51(37(8)67-47)70-46-27-44(62-9)42(36(7)66-46)20-24-64-53(59)38-18-22-57-23-19-38/h12-15,17-23,25,31-32,34,36-37,40-41,43-52,58,61H,11,16,24,26-30H2,1-10H3/b13-12+,33-15+,39-14+,42-20+. The average molecular weight is 1000 g/mol. The highest BCUT2D eigenvalue weighted by Crippen LogP contribution is 2.47. The third kappa shape index (κ3) is 11.6. The zero-order valence-corrected chi connectivity index (χ0v) is 43.5. The third-order valence-electron chi connectivity index (χ3n) is 15.9. The van der Waals surface area contributed by atoms with Crippen LogP contribution in [0, 0.1) is 23.7 Å². The molecule has 1 aromatic rings. The number of aliphatic hydroxyl groups excluding tert-OH is 1. The number of pyridine rings is 1. The van der Waals surface area contributed by atoms with Crippen molar-refractivity contribution in [2.24, 2.45) is 23.7 Å². The van der Waals surface area contributed by atoms with Gasteiger partial charge in [-0.3, -0.25) is 9.78 Å². The number of hydrogen-bond donors (Lipinski definition) is 2. The van der Waals surface area contributed by atoms with Crippen molar-refractivity contribution in [3.05, 3.63) is 101 Å². The van der Waals surface area contributed by atoms with Crippen LogP contribution in [0.15, 0.2) is 95.4 Å². The van der Waals surface area contributed by atoms with E-state index in [2.05, 4.69) is 44.8 Å². The fraction of sp³-hybridized carbons (Fsp3) is 0.661. The number of allylic oxidation sites excluding steroid dienone is 2. The van der Waals surface area contributed by atoms with Crippen LogP contribution in [0.1, 0.15) is 104 Å². The molecule has 4 saturated heterocycles. The molecule has 72 heavy (non-hydrogen) atoms. The maximum atomic E-state index is 14.4. The highest BCUT2D eigenvalue weighted by atomic mass is 16.7. The second-order valence-electron chi connectivity index (χ2n) is 20.9. The quantitative estimate of drug-likeness (QED) is 0.167. The summed E-state index contributed by atoms with van der Waals surface area (Å²) >= 11 is 0. The summed E-state index contributed by atoms with van der Waals surface area (Å²) in [5, 5.41) is 23.9. The Kier molecular flexibility index (Phi) is 17.6. The minimum atomic E-state index is -1.85. The number of ether oxygens (including phenoxy) is 11. The van der Waals surface area contributed by atoms with Crippen LogP contribution in [0.3, 0.4) is 0 Å². The molecule has 7 heterocycles. The van der Waals surface area contributed by atoms with Gasteiger partial charge in [-0.25, -0.2) is 4.79 Å². The lowest BCUT2D eigenvalue weighted by Crippen LogP contribution is -2.58. The van der Waals surface area contributed by atoms with Gasteiger partial charge in [0.15, 0.2) is 18.4 Å². The molecule has 19 unspecified atom stereocenters. The Balaban J connectivity index is 1.01. The molecule has 16 nitrogen and oxygen atoms in total. The van der Waals surface area contributed by atoms with Crippen LogP contribution >= 0.6 is 0 Å². The number of nitrogens with zero attached hydrogens (tertiary/aromatic N) is 1. The van der Waals surface area contributed by atoms with Gasteiger partial charge in [0.2, 0.25) is 0 Å². The molecular weight excluding hydrogens is 927 g/mol. The normalized spacial score (nSPS) is 43.4. The van der Waals surface area contributed by atoms with Crippen molar-refractivity contribution >= 4 is 11.9 Å². The molecule has 1 spiro atoms. The lowest BCUT2D eigenvalue weighted by atomic mass is 9.71. The zero-order valence-electron chi connectivity index (χ0n) is 43.5. The molecule has 1 aromatic heterocycles. The zero-order chi connectivity index (χ0) is 51.5. The number of hydrogen-bond acceptors (Lipinski definition) is 16. The summed E-state index contributed by atoms with van der Waals surface area (Å²) in [4.78, 5) is 30.9. The summed E-state index contributed by atoms with van der Waals surface area (Å²) in [5.41, 5.74) is 1.36. The maximum absolute atomic E-state index is 14.4. The molecule has 16 heteroatoms. The highest BCUT2D eigenvalue weighted by molar-refractivity contribution is 5.89. The van der Waals surface area contributed by atoms with Gasteiger partial charge in [0, 0.05) is 64.1 Å². The lowest BCUT2D eigenvalue weighted by Gasteiger charge is -2.48. The minimum Gasteiger partial charge on any atom is -0.462 e. The number of aromatic nitrogens is 1. The van der Waals surface area contributed by atoms with E-state index in [9.17, 15) is 19.8 Å². The predicted octanol–water partition coefficient (Wildman–Crippen LogP) is 7.19. The number of carbonyl (C=O) groups is 2. The van der Waals surface area contributed by atoms with Gasteiger partial charge in [-0.1, -0.05) is 70.6 Å². The van der Waals surface area contributed by atoms with Crippen molar-refractivity contribution in [1.82, 2.24) is 4.98 Å². The maximum Gasteiger partial charge on any atom is 0.338 e. The van der Waals surface area contributed by atoms with Crippen molar-refractivity contribution in [3.63, 3.8) is 0 Å². The van der Waals surface area contributed by atoms with Crippen molar-refractivity contribution in [1.29, 1.82) is 0 Å². The van der Waals surface area contributed by atoms with E-state index < -0.39 is 96.8 Å². The fourth-order valence-corrected chi connectivity index (χ4v) is 11.6. The Morgan fingerprint density at radius 3 is 2.46 bits per heavy atom. The molecule has 0 amide bonds. The number of fused-ring (bicyclic) bond motifs is 2. The topological polar surface area (TPSA) is 189 Å². The van der Waals surface area contributed by atoms with Gasteiger partial charge in [0.25, 0.3) is 0 Å². The molecule has 7 aliphatic rings. The first-order chi connectivity index (χ1) is 34.5. The number of rotatable bonds is 11. The molecule has 2 bridgehead atoms. The highest BCUT2D eigenvalue weighted by Gasteiger charge is 2.60. The molecular formula is C56H77NO15. The lowest BCUT2D eigenvalue weighted by molar-refractivity contribution is -0.305. The monoisotopic (exact) mass is 1000 g/mol. The fourth-order valence-electron chi connectivity index (χ4n) is 11.6. The Morgan fingerprint density at radius 2 is 1.72 bits per heavy atom. The van der Waals surface area contributed by atoms with E-state index in [-0.39, 0.29) is 49.6 Å². The van der Waals surface area contributed by atoms with Crippen LogP contribution in [-0.4, -0.2) is 146 Å². The van der Waals surface area contributed by atoms with E-state index in [1.54, 1.807) is 57.8 Å². The van der Waals surface area contributed by atoms with Crippen molar-refractivity contribution in [2.45, 2.75) is 185 Å². The van der Waals surface area contributed by atoms with Gasteiger partial charge >= 0.3 is 11.9 Å². The number of aliphatic hydroxyl groups is 2. The molecule has 0 saturated carbocycles. The van der Waals surface area contributed by atoms with Gasteiger partial charge in [-0.2, -0.15) is 0 Å². The summed E-state index contributed by atoms with van der Waals surface area (Å²) in [6.45, 7) is 16.2.